The Bertz CT molecular complexity index is 1480. The van der Waals surface area contributed by atoms with Crippen molar-refractivity contribution in [1.82, 2.24) is 15.8 Å². The standard InChI is InChI=1S/C17H16F2N2O2.C14H17ClN2O2.C2H6/c1-11(22)12-6-7-15(19)16(8-12)21-17(23)10-20-9-13-4-2-3-5-14(13)18;1-17-14-10(12(16-17)8-18-2)5-6-19-13-4-3-9(15)7-11(13)14;1-2/h2-8,20H,9-10H2,1H3,(H,21,23);3-4,7,12,16H,5-6,8H2,1-2H3;1-2H3. The number of nitrogens with zero attached hydrogens (tertiary/aromatic N) is 1. The molecule has 236 valence electrons. The van der Waals surface area contributed by atoms with E-state index in [0.717, 1.165) is 34.5 Å². The van der Waals surface area contributed by atoms with Gasteiger partial charge in [0.25, 0.3) is 0 Å². The molecular weight excluding hydrogens is 590 g/mol. The number of Topliss-reactive ketones (excluding diaryl/α,β-unsaturated/α-hetero) is 1. The lowest BCUT2D eigenvalue weighted by molar-refractivity contribution is -0.115. The second kappa shape index (κ2) is 16.9. The van der Waals surface area contributed by atoms with Crippen LogP contribution in [0.5, 0.6) is 5.75 Å². The number of hydrogen-bond acceptors (Lipinski definition) is 7. The molecule has 0 bridgehead atoms. The molecule has 3 aromatic rings. The van der Waals surface area contributed by atoms with Gasteiger partial charge in [0.05, 0.1) is 37.2 Å². The number of amides is 1. The number of hydrazine groups is 1. The summed E-state index contributed by atoms with van der Waals surface area (Å²) in [6.07, 6.45) is 0.896. The van der Waals surface area contributed by atoms with E-state index in [4.69, 9.17) is 21.1 Å². The molecule has 0 fully saturated rings. The van der Waals surface area contributed by atoms with Crippen molar-refractivity contribution in [1.29, 1.82) is 0 Å². The minimum absolute atomic E-state index is 0.0598. The zero-order valence-corrected chi connectivity index (χ0v) is 26.4. The summed E-state index contributed by atoms with van der Waals surface area (Å²) >= 11 is 6.12. The second-order valence-corrected chi connectivity index (χ2v) is 10.2. The summed E-state index contributed by atoms with van der Waals surface area (Å²) < 4.78 is 38.2. The fraction of sp³-hybridized carbons (Fsp3) is 0.333. The first-order valence-electron chi connectivity index (χ1n) is 14.4. The van der Waals surface area contributed by atoms with E-state index >= 15 is 0 Å². The van der Waals surface area contributed by atoms with E-state index in [1.807, 2.05) is 44.1 Å². The van der Waals surface area contributed by atoms with Crippen LogP contribution < -0.4 is 20.8 Å². The third-order valence-electron chi connectivity index (χ3n) is 6.77. The number of rotatable bonds is 8. The van der Waals surface area contributed by atoms with Crippen molar-refractivity contribution in [2.75, 3.05) is 39.2 Å². The van der Waals surface area contributed by atoms with Gasteiger partial charge in [-0.1, -0.05) is 43.6 Å². The third-order valence-corrected chi connectivity index (χ3v) is 7.01. The molecule has 2 aliphatic rings. The molecule has 0 saturated carbocycles. The van der Waals surface area contributed by atoms with E-state index < -0.39 is 11.7 Å². The minimum atomic E-state index is -0.627. The van der Waals surface area contributed by atoms with Gasteiger partial charge < -0.3 is 25.1 Å². The predicted octanol–water partition coefficient (Wildman–Crippen LogP) is 6.22. The van der Waals surface area contributed by atoms with Crippen LogP contribution in [0.2, 0.25) is 5.02 Å². The number of halogens is 3. The van der Waals surface area contributed by atoms with Gasteiger partial charge in [-0.15, -0.1) is 0 Å². The summed E-state index contributed by atoms with van der Waals surface area (Å²) in [5.41, 5.74) is 7.64. The van der Waals surface area contributed by atoms with E-state index in [1.165, 1.54) is 30.7 Å². The quantitative estimate of drug-likeness (QED) is 0.255. The maximum Gasteiger partial charge on any atom is 0.238 e. The highest BCUT2D eigenvalue weighted by molar-refractivity contribution is 6.30. The summed E-state index contributed by atoms with van der Waals surface area (Å²) in [6.45, 7) is 6.76. The number of fused-ring (bicyclic) bond motifs is 2. The van der Waals surface area contributed by atoms with E-state index in [1.54, 1.807) is 25.3 Å². The largest absolute Gasteiger partial charge is 0.493 e. The number of methoxy groups -OCH3 is 1. The van der Waals surface area contributed by atoms with Gasteiger partial charge in [0, 0.05) is 48.8 Å². The summed E-state index contributed by atoms with van der Waals surface area (Å²) in [4.78, 5) is 23.1. The van der Waals surface area contributed by atoms with Crippen molar-refractivity contribution >= 4 is 34.7 Å². The average molecular weight is 629 g/mol. The van der Waals surface area contributed by atoms with Crippen LogP contribution in [-0.4, -0.2) is 56.7 Å². The van der Waals surface area contributed by atoms with Crippen molar-refractivity contribution < 1.29 is 27.8 Å². The zero-order chi connectivity index (χ0) is 32.2. The zero-order valence-electron chi connectivity index (χ0n) is 25.6. The van der Waals surface area contributed by atoms with E-state index in [9.17, 15) is 18.4 Å². The van der Waals surface area contributed by atoms with Crippen molar-refractivity contribution in [3.63, 3.8) is 0 Å². The Morgan fingerprint density at radius 1 is 1.09 bits per heavy atom. The maximum atomic E-state index is 13.6. The van der Waals surface area contributed by atoms with Crippen LogP contribution in [0.4, 0.5) is 14.5 Å². The molecule has 0 aromatic heterocycles. The Morgan fingerprint density at radius 2 is 1.84 bits per heavy atom. The number of nitrogens with one attached hydrogen (secondary N) is 3. The van der Waals surface area contributed by atoms with Crippen LogP contribution in [0.15, 0.2) is 66.2 Å². The third kappa shape index (κ3) is 9.09. The summed E-state index contributed by atoms with van der Waals surface area (Å²) in [7, 11) is 3.74. The fourth-order valence-electron chi connectivity index (χ4n) is 4.78. The molecule has 44 heavy (non-hydrogen) atoms. The number of ether oxygens (including phenoxy) is 2. The topological polar surface area (TPSA) is 91.9 Å². The van der Waals surface area contributed by atoms with Crippen molar-refractivity contribution in [2.45, 2.75) is 39.8 Å². The monoisotopic (exact) mass is 628 g/mol. The number of carbonyl (C=O) groups excluding carboxylic acids is 2. The van der Waals surface area contributed by atoms with Crippen LogP contribution in [0, 0.1) is 11.6 Å². The van der Waals surface area contributed by atoms with Crippen LogP contribution in [0.1, 0.15) is 48.7 Å². The van der Waals surface area contributed by atoms with Crippen LogP contribution in [0.25, 0.3) is 5.70 Å². The molecule has 1 atom stereocenters. The second-order valence-electron chi connectivity index (χ2n) is 9.80. The highest BCUT2D eigenvalue weighted by Gasteiger charge is 2.32. The smallest absolute Gasteiger partial charge is 0.238 e. The molecule has 11 heteroatoms. The van der Waals surface area contributed by atoms with Crippen molar-refractivity contribution in [2.24, 2.45) is 0 Å². The van der Waals surface area contributed by atoms with Gasteiger partial charge in [0.1, 0.15) is 17.4 Å². The highest BCUT2D eigenvalue weighted by Crippen LogP contribution is 2.39. The molecule has 1 amide bonds. The molecule has 5 rings (SSSR count). The molecule has 0 aliphatic carbocycles. The molecule has 2 aliphatic heterocycles. The molecule has 1 unspecified atom stereocenters. The Labute approximate surface area is 262 Å². The van der Waals surface area contributed by atoms with Crippen LogP contribution in [-0.2, 0) is 16.1 Å². The average Bonchev–Trinajstić information content (AvgIpc) is 3.18. The summed E-state index contributed by atoms with van der Waals surface area (Å²) in [5, 5.41) is 7.93. The maximum absolute atomic E-state index is 13.6. The molecule has 8 nitrogen and oxygen atoms in total. The molecule has 3 N–H and O–H groups in total. The van der Waals surface area contributed by atoms with E-state index in [2.05, 4.69) is 16.1 Å². The van der Waals surface area contributed by atoms with Gasteiger partial charge in [-0.05, 0) is 55.0 Å². The predicted molar refractivity (Wildman–Crippen MR) is 170 cm³/mol. The van der Waals surface area contributed by atoms with Crippen molar-refractivity contribution in [3.05, 3.63) is 99.6 Å². The summed E-state index contributed by atoms with van der Waals surface area (Å²) in [5.74, 6) is -0.807. The Hall–Kier alpha value is -3.83. The first kappa shape index (κ1) is 34.7. The lowest BCUT2D eigenvalue weighted by Crippen LogP contribution is -2.37. The molecule has 0 spiro atoms. The van der Waals surface area contributed by atoms with Gasteiger partial charge in [0.2, 0.25) is 5.91 Å². The van der Waals surface area contributed by atoms with Gasteiger partial charge in [-0.2, -0.15) is 0 Å². The fourth-order valence-corrected chi connectivity index (χ4v) is 4.95. The Balaban J connectivity index is 0.000000231. The molecule has 2 heterocycles. The van der Waals surface area contributed by atoms with Gasteiger partial charge in [-0.3, -0.25) is 9.59 Å². The number of carbonyl (C=O) groups is 2. The lowest BCUT2D eigenvalue weighted by Gasteiger charge is -2.20. The summed E-state index contributed by atoms with van der Waals surface area (Å²) in [6, 6.07) is 15.9. The van der Waals surface area contributed by atoms with E-state index in [-0.39, 0.29) is 36.4 Å². The molecule has 0 saturated heterocycles. The van der Waals surface area contributed by atoms with E-state index in [0.29, 0.717) is 24.3 Å². The number of anilines is 1. The minimum Gasteiger partial charge on any atom is -0.493 e. The number of benzene rings is 3. The highest BCUT2D eigenvalue weighted by atomic mass is 35.5. The van der Waals surface area contributed by atoms with Crippen LogP contribution >= 0.6 is 11.6 Å². The van der Waals surface area contributed by atoms with Crippen LogP contribution in [0.3, 0.4) is 0 Å². The van der Waals surface area contributed by atoms with Crippen molar-refractivity contribution in [3.8, 4) is 5.75 Å². The molecule has 3 aromatic carbocycles. The first-order chi connectivity index (χ1) is 21.2. The van der Waals surface area contributed by atoms with Gasteiger partial charge in [-0.25, -0.2) is 14.2 Å². The van der Waals surface area contributed by atoms with Gasteiger partial charge in [0.15, 0.2) is 5.78 Å². The molecular formula is C33H39ClF2N4O4. The Kier molecular flexibility index (Phi) is 13.3. The number of ketones is 1. The SMILES string of the molecule is CC.CC(=O)c1ccc(F)c(NC(=O)CNCc2ccccc2F)c1.COCC1NN(C)C2=C1CCOc1ccc(Cl)cc12. The Morgan fingerprint density at radius 3 is 2.55 bits per heavy atom. The normalized spacial score (nSPS) is 15.0. The first-order valence-corrected chi connectivity index (χ1v) is 14.7. The molecule has 0 radical (unpaired) electrons. The lowest BCUT2D eigenvalue weighted by atomic mass is 10.0. The number of hydrogen-bond donors (Lipinski definition) is 3. The van der Waals surface area contributed by atoms with Gasteiger partial charge >= 0.3 is 0 Å².